The van der Waals surface area contributed by atoms with Gasteiger partial charge in [-0.05, 0) is 55.8 Å². The van der Waals surface area contributed by atoms with E-state index in [0.717, 1.165) is 22.0 Å². The number of aryl methyl sites for hydroxylation is 2. The molecule has 2 aromatic heterocycles. The van der Waals surface area contributed by atoms with Gasteiger partial charge in [-0.2, -0.15) is 0 Å². The van der Waals surface area contributed by atoms with E-state index in [9.17, 15) is 9.18 Å². The van der Waals surface area contributed by atoms with E-state index < -0.39 is 11.7 Å². The van der Waals surface area contributed by atoms with E-state index in [1.807, 2.05) is 26.0 Å². The first-order valence-corrected chi connectivity index (χ1v) is 9.93. The molecule has 0 aliphatic carbocycles. The number of furan rings is 1. The van der Waals surface area contributed by atoms with Crippen LogP contribution in [0.2, 0.25) is 5.15 Å². The minimum Gasteiger partial charge on any atom is -0.467 e. The Labute approximate surface area is 178 Å². The second-order valence-electron chi connectivity index (χ2n) is 7.31. The molecule has 0 bridgehead atoms. The molecule has 6 heteroatoms. The summed E-state index contributed by atoms with van der Waals surface area (Å²) >= 11 is 6.48. The summed E-state index contributed by atoms with van der Waals surface area (Å²) in [6, 6.07) is 15.5. The second-order valence-corrected chi connectivity index (χ2v) is 7.67. The van der Waals surface area contributed by atoms with Crippen molar-refractivity contribution in [3.05, 3.63) is 99.8 Å². The Hall–Kier alpha value is -3.18. The molecular weight excluding hydrogens is 403 g/mol. The van der Waals surface area contributed by atoms with E-state index in [1.165, 1.54) is 23.3 Å². The number of rotatable bonds is 5. The number of carbonyl (C=O) groups excluding carboxylic acids is 1. The minimum atomic E-state index is -0.569. The molecule has 0 spiro atoms. The number of hydrogen-bond donors (Lipinski definition) is 0. The van der Waals surface area contributed by atoms with Gasteiger partial charge in [0.25, 0.3) is 5.91 Å². The zero-order valence-electron chi connectivity index (χ0n) is 16.7. The van der Waals surface area contributed by atoms with Gasteiger partial charge in [-0.25, -0.2) is 9.37 Å². The number of pyridine rings is 1. The topological polar surface area (TPSA) is 46.3 Å². The van der Waals surface area contributed by atoms with Crippen molar-refractivity contribution in [2.24, 2.45) is 0 Å². The molecule has 0 aliphatic rings. The van der Waals surface area contributed by atoms with Crippen molar-refractivity contribution in [2.45, 2.75) is 26.9 Å². The van der Waals surface area contributed by atoms with Crippen LogP contribution in [0, 0.1) is 19.7 Å². The maximum absolute atomic E-state index is 14.3. The highest BCUT2D eigenvalue weighted by Crippen LogP contribution is 2.26. The van der Waals surface area contributed by atoms with Gasteiger partial charge < -0.3 is 9.32 Å². The van der Waals surface area contributed by atoms with Crippen molar-refractivity contribution in [2.75, 3.05) is 0 Å². The highest BCUT2D eigenvalue weighted by atomic mass is 35.5. The molecule has 0 fully saturated rings. The van der Waals surface area contributed by atoms with E-state index in [-0.39, 0.29) is 18.7 Å². The maximum atomic E-state index is 14.3. The third-order valence-electron chi connectivity index (χ3n) is 4.96. The number of aromatic nitrogens is 1. The van der Waals surface area contributed by atoms with E-state index in [2.05, 4.69) is 11.1 Å². The van der Waals surface area contributed by atoms with Crippen LogP contribution in [0.25, 0.3) is 10.9 Å². The van der Waals surface area contributed by atoms with Crippen LogP contribution in [0.4, 0.5) is 4.39 Å². The number of fused-ring (bicyclic) bond motifs is 1. The SMILES string of the molecule is Cc1cc(C)c2nc(Cl)c(CN(Cc3ccco3)C(=O)c3ccccc3F)cc2c1. The Morgan fingerprint density at radius 1 is 1.10 bits per heavy atom. The highest BCUT2D eigenvalue weighted by molar-refractivity contribution is 6.30. The van der Waals surface area contributed by atoms with Gasteiger partial charge in [0.1, 0.15) is 16.7 Å². The standard InChI is InChI=1S/C24H20ClFN2O2/c1-15-10-16(2)22-17(11-15)12-18(23(25)27-22)13-28(14-19-6-5-9-30-19)24(29)20-7-3-4-8-21(20)26/h3-12H,13-14H2,1-2H3. The normalized spacial score (nSPS) is 11.1. The molecule has 0 aliphatic heterocycles. The first kappa shape index (κ1) is 20.1. The van der Waals surface area contributed by atoms with Crippen molar-refractivity contribution in [3.63, 3.8) is 0 Å². The lowest BCUT2D eigenvalue weighted by molar-refractivity contribution is 0.0713. The zero-order chi connectivity index (χ0) is 21.3. The Kier molecular flexibility index (Phi) is 5.55. The molecule has 0 atom stereocenters. The van der Waals surface area contributed by atoms with E-state index in [1.54, 1.807) is 24.3 Å². The molecule has 0 radical (unpaired) electrons. The largest absolute Gasteiger partial charge is 0.467 e. The van der Waals surface area contributed by atoms with E-state index in [4.69, 9.17) is 16.0 Å². The molecule has 4 nitrogen and oxygen atoms in total. The number of amides is 1. The van der Waals surface area contributed by atoms with Crippen LogP contribution in [0.5, 0.6) is 0 Å². The molecule has 30 heavy (non-hydrogen) atoms. The number of benzene rings is 2. The van der Waals surface area contributed by atoms with Crippen LogP contribution < -0.4 is 0 Å². The van der Waals surface area contributed by atoms with Crippen molar-refractivity contribution < 1.29 is 13.6 Å². The van der Waals surface area contributed by atoms with Gasteiger partial charge in [-0.3, -0.25) is 4.79 Å². The van der Waals surface area contributed by atoms with Gasteiger partial charge in [0.15, 0.2) is 0 Å². The Morgan fingerprint density at radius 2 is 1.90 bits per heavy atom. The summed E-state index contributed by atoms with van der Waals surface area (Å²) in [4.78, 5) is 19.2. The van der Waals surface area contributed by atoms with Crippen molar-refractivity contribution in [1.29, 1.82) is 0 Å². The van der Waals surface area contributed by atoms with Crippen molar-refractivity contribution in [3.8, 4) is 0 Å². The van der Waals surface area contributed by atoms with Gasteiger partial charge in [-0.1, -0.05) is 35.4 Å². The molecule has 2 aromatic carbocycles. The zero-order valence-corrected chi connectivity index (χ0v) is 17.4. The summed E-state index contributed by atoms with van der Waals surface area (Å²) in [5, 5.41) is 1.27. The van der Waals surface area contributed by atoms with Gasteiger partial charge in [-0.15, -0.1) is 0 Å². The summed E-state index contributed by atoms with van der Waals surface area (Å²) in [6.45, 7) is 4.36. The first-order valence-electron chi connectivity index (χ1n) is 9.55. The molecule has 152 valence electrons. The molecular formula is C24H20ClFN2O2. The van der Waals surface area contributed by atoms with E-state index >= 15 is 0 Å². The fraction of sp³-hybridized carbons (Fsp3) is 0.167. The fourth-order valence-corrected chi connectivity index (χ4v) is 3.78. The van der Waals surface area contributed by atoms with Crippen LogP contribution >= 0.6 is 11.6 Å². The minimum absolute atomic E-state index is 0.000570. The van der Waals surface area contributed by atoms with Crippen LogP contribution in [-0.4, -0.2) is 15.8 Å². The average Bonchev–Trinajstić information content (AvgIpc) is 3.22. The van der Waals surface area contributed by atoms with Gasteiger partial charge >= 0.3 is 0 Å². The lowest BCUT2D eigenvalue weighted by Gasteiger charge is -2.23. The molecule has 0 saturated carbocycles. The van der Waals surface area contributed by atoms with Crippen LogP contribution in [0.15, 0.2) is 65.3 Å². The predicted octanol–water partition coefficient (Wildman–Crippen LogP) is 6.08. The summed E-state index contributed by atoms with van der Waals surface area (Å²) in [6.07, 6.45) is 1.54. The lowest BCUT2D eigenvalue weighted by atomic mass is 10.0. The van der Waals surface area contributed by atoms with Crippen molar-refractivity contribution in [1.82, 2.24) is 9.88 Å². The van der Waals surface area contributed by atoms with Crippen LogP contribution in [-0.2, 0) is 13.1 Å². The summed E-state index contributed by atoms with van der Waals surface area (Å²) < 4.78 is 19.7. The predicted molar refractivity (Wildman–Crippen MR) is 115 cm³/mol. The molecule has 4 aromatic rings. The van der Waals surface area contributed by atoms with Crippen molar-refractivity contribution >= 4 is 28.4 Å². The summed E-state index contributed by atoms with van der Waals surface area (Å²) in [7, 11) is 0. The Morgan fingerprint density at radius 3 is 2.63 bits per heavy atom. The van der Waals surface area contributed by atoms with Gasteiger partial charge in [0, 0.05) is 17.5 Å². The van der Waals surface area contributed by atoms with Gasteiger partial charge in [0.2, 0.25) is 0 Å². The van der Waals surface area contributed by atoms with Gasteiger partial charge in [0.05, 0.1) is 23.9 Å². The Bertz CT molecular complexity index is 1220. The number of carbonyl (C=O) groups is 1. The highest BCUT2D eigenvalue weighted by Gasteiger charge is 2.22. The number of nitrogens with zero attached hydrogens (tertiary/aromatic N) is 2. The second kappa shape index (κ2) is 8.28. The van der Waals surface area contributed by atoms with Crippen LogP contribution in [0.3, 0.4) is 0 Å². The quantitative estimate of drug-likeness (QED) is 0.366. The summed E-state index contributed by atoms with van der Waals surface area (Å²) in [5.74, 6) is -0.418. The molecule has 0 saturated heterocycles. The molecule has 2 heterocycles. The average molecular weight is 423 g/mol. The third kappa shape index (κ3) is 4.07. The number of halogens is 2. The smallest absolute Gasteiger partial charge is 0.257 e. The molecule has 1 amide bonds. The molecule has 0 unspecified atom stereocenters. The number of hydrogen-bond acceptors (Lipinski definition) is 3. The first-order chi connectivity index (χ1) is 14.4. The Balaban J connectivity index is 1.74. The fourth-order valence-electron chi connectivity index (χ4n) is 3.58. The summed E-state index contributed by atoms with van der Waals surface area (Å²) in [5.41, 5.74) is 3.66. The molecule has 4 rings (SSSR count). The molecule has 0 N–H and O–H groups in total. The van der Waals surface area contributed by atoms with Crippen LogP contribution in [0.1, 0.15) is 32.8 Å². The monoisotopic (exact) mass is 422 g/mol. The van der Waals surface area contributed by atoms with E-state index in [0.29, 0.717) is 16.5 Å². The maximum Gasteiger partial charge on any atom is 0.257 e. The third-order valence-corrected chi connectivity index (χ3v) is 5.29. The lowest BCUT2D eigenvalue weighted by Crippen LogP contribution is -2.31.